The Morgan fingerprint density at radius 2 is 2.37 bits per heavy atom. The Morgan fingerprint density at radius 3 is 2.95 bits per heavy atom. The summed E-state index contributed by atoms with van der Waals surface area (Å²) < 4.78 is 4.80. The highest BCUT2D eigenvalue weighted by Gasteiger charge is 2.35. The van der Waals surface area contributed by atoms with Crippen LogP contribution in [0.4, 0.5) is 0 Å². The fourth-order valence-electron chi connectivity index (χ4n) is 2.79. The molecule has 1 aliphatic rings. The van der Waals surface area contributed by atoms with Crippen molar-refractivity contribution >= 4 is 0 Å². The number of hydrogen-bond acceptors (Lipinski definition) is 5. The molecule has 108 valence electrons. The van der Waals surface area contributed by atoms with Crippen LogP contribution in [0.3, 0.4) is 0 Å². The van der Waals surface area contributed by atoms with Gasteiger partial charge < -0.3 is 9.84 Å². The zero-order valence-electron chi connectivity index (χ0n) is 12.5. The van der Waals surface area contributed by atoms with Gasteiger partial charge in [0.2, 0.25) is 6.39 Å². The van der Waals surface area contributed by atoms with Crippen LogP contribution >= 0.6 is 0 Å². The molecule has 0 aromatic carbocycles. The molecule has 5 nitrogen and oxygen atoms in total. The molecule has 0 saturated carbocycles. The van der Waals surface area contributed by atoms with E-state index in [4.69, 9.17) is 4.52 Å². The molecular weight excluding hydrogens is 240 g/mol. The molecule has 2 rings (SSSR count). The molecule has 1 N–H and O–H groups in total. The van der Waals surface area contributed by atoms with E-state index in [2.05, 4.69) is 48.1 Å². The van der Waals surface area contributed by atoms with Crippen molar-refractivity contribution < 1.29 is 4.52 Å². The highest BCUT2D eigenvalue weighted by molar-refractivity contribution is 4.96. The van der Waals surface area contributed by atoms with Crippen molar-refractivity contribution in [2.24, 2.45) is 5.92 Å². The lowest BCUT2D eigenvalue weighted by molar-refractivity contribution is 0.0608. The van der Waals surface area contributed by atoms with Crippen LogP contribution in [0.15, 0.2) is 10.9 Å². The molecule has 5 heteroatoms. The van der Waals surface area contributed by atoms with Gasteiger partial charge in [0.1, 0.15) is 0 Å². The lowest BCUT2D eigenvalue weighted by Crippen LogP contribution is -2.64. The van der Waals surface area contributed by atoms with Gasteiger partial charge in [-0.25, -0.2) is 0 Å². The van der Waals surface area contributed by atoms with Crippen LogP contribution in [0.5, 0.6) is 0 Å². The first-order chi connectivity index (χ1) is 9.04. The first-order valence-corrected chi connectivity index (χ1v) is 7.28. The molecule has 2 unspecified atom stereocenters. The predicted octanol–water partition coefficient (Wildman–Crippen LogP) is 1.71. The number of rotatable bonds is 5. The first-order valence-electron chi connectivity index (χ1n) is 7.28. The van der Waals surface area contributed by atoms with Gasteiger partial charge in [-0.2, -0.15) is 4.98 Å². The summed E-state index contributed by atoms with van der Waals surface area (Å²) in [4.78, 5) is 6.69. The molecule has 0 bridgehead atoms. The second-order valence-electron chi connectivity index (χ2n) is 6.17. The number of piperazine rings is 1. The lowest BCUT2D eigenvalue weighted by Gasteiger charge is -2.47. The van der Waals surface area contributed by atoms with Crippen LogP contribution in [0.2, 0.25) is 0 Å². The minimum atomic E-state index is 0.225. The zero-order chi connectivity index (χ0) is 13.9. The Hall–Kier alpha value is -0.940. The van der Waals surface area contributed by atoms with Crippen LogP contribution in [0.25, 0.3) is 0 Å². The van der Waals surface area contributed by atoms with E-state index < -0.39 is 0 Å². The summed E-state index contributed by atoms with van der Waals surface area (Å²) in [5.41, 5.74) is 0.225. The van der Waals surface area contributed by atoms with Gasteiger partial charge in [-0.3, -0.25) is 4.90 Å². The van der Waals surface area contributed by atoms with E-state index in [1.54, 1.807) is 0 Å². The van der Waals surface area contributed by atoms with Gasteiger partial charge in [-0.15, -0.1) is 0 Å². The molecule has 0 aliphatic carbocycles. The molecule has 0 spiro atoms. The molecule has 1 fully saturated rings. The number of nitrogens with one attached hydrogen (secondary N) is 1. The Balaban J connectivity index is 1.99. The van der Waals surface area contributed by atoms with Crippen LogP contribution in [0.1, 0.15) is 39.9 Å². The summed E-state index contributed by atoms with van der Waals surface area (Å²) in [7, 11) is 0. The van der Waals surface area contributed by atoms with Gasteiger partial charge in [-0.05, 0) is 19.3 Å². The summed E-state index contributed by atoms with van der Waals surface area (Å²) in [5, 5.41) is 7.61. The van der Waals surface area contributed by atoms with E-state index in [1.165, 1.54) is 6.39 Å². The predicted molar refractivity (Wildman–Crippen MR) is 74.9 cm³/mol. The largest absolute Gasteiger partial charge is 0.343 e. The average Bonchev–Trinajstić information content (AvgIpc) is 2.89. The molecule has 0 amide bonds. The molecule has 1 saturated heterocycles. The first kappa shape index (κ1) is 14.5. The third-order valence-corrected chi connectivity index (χ3v) is 4.34. The topological polar surface area (TPSA) is 54.2 Å². The zero-order valence-corrected chi connectivity index (χ0v) is 12.5. The monoisotopic (exact) mass is 266 g/mol. The van der Waals surface area contributed by atoms with Crippen molar-refractivity contribution in [3.63, 3.8) is 0 Å². The quantitative estimate of drug-likeness (QED) is 0.879. The number of hydrogen-bond donors (Lipinski definition) is 1. The van der Waals surface area contributed by atoms with Gasteiger partial charge in [0.25, 0.3) is 0 Å². The van der Waals surface area contributed by atoms with Gasteiger partial charge in [0, 0.05) is 37.6 Å². The van der Waals surface area contributed by atoms with Crippen LogP contribution in [0, 0.1) is 5.92 Å². The summed E-state index contributed by atoms with van der Waals surface area (Å²) in [6.07, 6.45) is 3.42. The van der Waals surface area contributed by atoms with E-state index in [0.29, 0.717) is 12.0 Å². The van der Waals surface area contributed by atoms with Crippen LogP contribution in [-0.4, -0.2) is 46.3 Å². The highest BCUT2D eigenvalue weighted by Crippen LogP contribution is 2.22. The maximum Gasteiger partial charge on any atom is 0.213 e. The average molecular weight is 266 g/mol. The molecule has 19 heavy (non-hydrogen) atoms. The minimum Gasteiger partial charge on any atom is -0.343 e. The normalized spacial score (nSPS) is 29.0. The van der Waals surface area contributed by atoms with E-state index in [0.717, 1.165) is 38.3 Å². The Morgan fingerprint density at radius 1 is 1.58 bits per heavy atom. The summed E-state index contributed by atoms with van der Waals surface area (Å²) >= 11 is 0. The minimum absolute atomic E-state index is 0.225. The lowest BCUT2D eigenvalue weighted by atomic mass is 9.90. The van der Waals surface area contributed by atoms with Crippen LogP contribution in [-0.2, 0) is 6.42 Å². The van der Waals surface area contributed by atoms with Gasteiger partial charge in [-0.1, -0.05) is 25.9 Å². The SMILES string of the molecule is CCC1(C)CN(CCc2ncon2)C(C(C)C)CN1. The van der Waals surface area contributed by atoms with Crippen molar-refractivity contribution in [3.05, 3.63) is 12.2 Å². The molecule has 1 aromatic heterocycles. The Kier molecular flexibility index (Phi) is 4.58. The maximum absolute atomic E-state index is 4.80. The smallest absolute Gasteiger partial charge is 0.213 e. The van der Waals surface area contributed by atoms with Crippen molar-refractivity contribution in [1.29, 1.82) is 0 Å². The van der Waals surface area contributed by atoms with E-state index in [1.807, 2.05) is 0 Å². The van der Waals surface area contributed by atoms with Crippen LogP contribution < -0.4 is 5.32 Å². The summed E-state index contributed by atoms with van der Waals surface area (Å²) in [6.45, 7) is 12.3. The van der Waals surface area contributed by atoms with Crippen molar-refractivity contribution in [2.75, 3.05) is 19.6 Å². The molecule has 2 atom stereocenters. The number of nitrogens with zero attached hydrogens (tertiary/aromatic N) is 3. The van der Waals surface area contributed by atoms with Crippen molar-refractivity contribution in [1.82, 2.24) is 20.4 Å². The van der Waals surface area contributed by atoms with Crippen molar-refractivity contribution in [2.45, 2.75) is 52.1 Å². The Bertz CT molecular complexity index is 379. The van der Waals surface area contributed by atoms with E-state index in [9.17, 15) is 0 Å². The standard InChI is InChI=1S/C14H26N4O/c1-5-14(4)9-18(12(8-16-14)11(2)3)7-6-13-15-10-19-17-13/h10-12,16H,5-9H2,1-4H3. The molecule has 0 radical (unpaired) electrons. The Labute approximate surface area is 115 Å². The fourth-order valence-corrected chi connectivity index (χ4v) is 2.79. The number of aromatic nitrogens is 2. The van der Waals surface area contributed by atoms with Gasteiger partial charge in [0.05, 0.1) is 0 Å². The van der Waals surface area contributed by atoms with Gasteiger partial charge in [0.15, 0.2) is 5.82 Å². The third kappa shape index (κ3) is 3.54. The fraction of sp³-hybridized carbons (Fsp3) is 0.857. The van der Waals surface area contributed by atoms with E-state index >= 15 is 0 Å². The van der Waals surface area contributed by atoms with Gasteiger partial charge >= 0.3 is 0 Å². The van der Waals surface area contributed by atoms with E-state index in [-0.39, 0.29) is 5.54 Å². The third-order valence-electron chi connectivity index (χ3n) is 4.34. The second-order valence-corrected chi connectivity index (χ2v) is 6.17. The molecule has 1 aliphatic heterocycles. The second kappa shape index (κ2) is 6.01. The molecular formula is C14H26N4O. The van der Waals surface area contributed by atoms with Crippen molar-refractivity contribution in [3.8, 4) is 0 Å². The summed E-state index contributed by atoms with van der Waals surface area (Å²) in [6, 6.07) is 0.589. The maximum atomic E-state index is 4.80. The highest BCUT2D eigenvalue weighted by atomic mass is 16.5. The molecule has 1 aromatic rings. The molecule has 2 heterocycles. The summed E-state index contributed by atoms with van der Waals surface area (Å²) in [5.74, 6) is 1.46.